The van der Waals surface area contributed by atoms with Crippen LogP contribution in [0.1, 0.15) is 28.4 Å². The Morgan fingerprint density at radius 3 is 2.70 bits per heavy atom. The number of carbonyl (C=O) groups is 1. The maximum Gasteiger partial charge on any atom is 0.251 e. The fraction of sp³-hybridized carbons (Fsp3) is 0.400. The minimum absolute atomic E-state index is 0.202. The van der Waals surface area contributed by atoms with E-state index in [1.165, 1.54) is 24.3 Å². The molecule has 122 valence electrons. The monoisotopic (exact) mass is 334 g/mol. The summed E-state index contributed by atoms with van der Waals surface area (Å²) >= 11 is 0. The van der Waals surface area contributed by atoms with Crippen molar-refractivity contribution >= 4 is 15.7 Å². The molecule has 0 unspecified atom stereocenters. The lowest BCUT2D eigenvalue weighted by Crippen LogP contribution is -2.26. The van der Waals surface area contributed by atoms with Crippen molar-refractivity contribution in [1.82, 2.24) is 20.1 Å². The third-order valence-electron chi connectivity index (χ3n) is 3.86. The number of nitrogens with one attached hydrogen (secondary N) is 1. The number of rotatable bonds is 5. The molecule has 23 heavy (non-hydrogen) atoms. The molecule has 0 atom stereocenters. The second-order valence-electron chi connectivity index (χ2n) is 5.59. The van der Waals surface area contributed by atoms with E-state index in [2.05, 4.69) is 20.1 Å². The van der Waals surface area contributed by atoms with Crippen molar-refractivity contribution in [1.29, 1.82) is 0 Å². The van der Waals surface area contributed by atoms with E-state index >= 15 is 0 Å². The lowest BCUT2D eigenvalue weighted by atomic mass is 10.2. The van der Waals surface area contributed by atoms with Crippen LogP contribution in [0.5, 0.6) is 0 Å². The van der Waals surface area contributed by atoms with E-state index in [1.54, 1.807) is 0 Å². The molecule has 1 aromatic carbocycles. The van der Waals surface area contributed by atoms with Crippen molar-refractivity contribution in [3.8, 4) is 0 Å². The number of nitrogens with zero attached hydrogens (tertiary/aromatic N) is 3. The molecule has 1 aliphatic heterocycles. The molecule has 0 spiro atoms. The van der Waals surface area contributed by atoms with Gasteiger partial charge in [0.2, 0.25) is 0 Å². The van der Waals surface area contributed by atoms with Gasteiger partial charge in [-0.25, -0.2) is 8.42 Å². The lowest BCUT2D eigenvalue weighted by molar-refractivity contribution is 0.0954. The first-order valence-electron chi connectivity index (χ1n) is 7.44. The van der Waals surface area contributed by atoms with E-state index in [9.17, 15) is 13.2 Å². The number of amides is 1. The van der Waals surface area contributed by atoms with E-state index in [-0.39, 0.29) is 10.8 Å². The summed E-state index contributed by atoms with van der Waals surface area (Å²) in [6, 6.07) is 5.91. The van der Waals surface area contributed by atoms with Gasteiger partial charge >= 0.3 is 0 Å². The quantitative estimate of drug-likeness (QED) is 0.864. The van der Waals surface area contributed by atoms with Crippen molar-refractivity contribution in [2.24, 2.45) is 0 Å². The molecule has 0 bridgehead atoms. The van der Waals surface area contributed by atoms with Crippen LogP contribution < -0.4 is 5.32 Å². The van der Waals surface area contributed by atoms with Gasteiger partial charge in [-0.15, -0.1) is 10.2 Å². The Morgan fingerprint density at radius 2 is 2.00 bits per heavy atom. The lowest BCUT2D eigenvalue weighted by Gasteiger charge is -2.06. The average Bonchev–Trinajstić information content (AvgIpc) is 3.11. The van der Waals surface area contributed by atoms with Crippen molar-refractivity contribution < 1.29 is 13.2 Å². The average molecular weight is 334 g/mol. The molecule has 3 rings (SSSR count). The Morgan fingerprint density at radius 1 is 1.26 bits per heavy atom. The number of aromatic nitrogens is 3. The summed E-state index contributed by atoms with van der Waals surface area (Å²) in [5, 5.41) is 11.1. The fourth-order valence-electron chi connectivity index (χ4n) is 2.64. The first kappa shape index (κ1) is 15.7. The molecule has 1 amide bonds. The first-order chi connectivity index (χ1) is 10.9. The number of benzene rings is 1. The highest BCUT2D eigenvalue weighted by Crippen LogP contribution is 2.14. The highest BCUT2D eigenvalue weighted by Gasteiger charge is 2.17. The van der Waals surface area contributed by atoms with Gasteiger partial charge in [0.15, 0.2) is 9.84 Å². The third-order valence-corrected chi connectivity index (χ3v) is 4.99. The maximum atomic E-state index is 12.1. The maximum absolute atomic E-state index is 12.1. The van der Waals surface area contributed by atoms with Crippen LogP contribution in [0.15, 0.2) is 29.2 Å². The Hall–Kier alpha value is -2.22. The van der Waals surface area contributed by atoms with Gasteiger partial charge in [-0.05, 0) is 30.7 Å². The fourth-order valence-corrected chi connectivity index (χ4v) is 3.27. The molecule has 0 saturated carbocycles. The number of hydrogen-bond acceptors (Lipinski definition) is 5. The van der Waals surface area contributed by atoms with Crippen LogP contribution in [0.25, 0.3) is 0 Å². The number of hydrogen-bond donors (Lipinski definition) is 1. The Bertz CT molecular complexity index is 825. The molecule has 1 aromatic heterocycles. The summed E-state index contributed by atoms with van der Waals surface area (Å²) in [4.78, 5) is 12.3. The van der Waals surface area contributed by atoms with Gasteiger partial charge < -0.3 is 9.88 Å². The molecule has 7 nitrogen and oxygen atoms in total. The van der Waals surface area contributed by atoms with Crippen molar-refractivity contribution in [3.63, 3.8) is 0 Å². The van der Waals surface area contributed by atoms with E-state index in [4.69, 9.17) is 0 Å². The van der Waals surface area contributed by atoms with E-state index in [0.717, 1.165) is 37.3 Å². The minimum Gasteiger partial charge on any atom is -0.352 e. The van der Waals surface area contributed by atoms with Crippen molar-refractivity contribution in [3.05, 3.63) is 41.5 Å². The van der Waals surface area contributed by atoms with Crippen LogP contribution in [0.4, 0.5) is 0 Å². The molecule has 0 saturated heterocycles. The normalized spacial score (nSPS) is 13.8. The summed E-state index contributed by atoms with van der Waals surface area (Å²) in [5.41, 5.74) is 0.434. The summed E-state index contributed by atoms with van der Waals surface area (Å²) in [6.07, 6.45) is 3.82. The second kappa shape index (κ2) is 6.11. The highest BCUT2D eigenvalue weighted by molar-refractivity contribution is 7.90. The Labute approximate surface area is 134 Å². The van der Waals surface area contributed by atoms with Crippen LogP contribution in [-0.4, -0.2) is 41.9 Å². The topological polar surface area (TPSA) is 93.9 Å². The number of aryl methyl sites for hydroxylation is 1. The zero-order valence-electron chi connectivity index (χ0n) is 12.8. The van der Waals surface area contributed by atoms with Gasteiger partial charge in [0.25, 0.3) is 5.91 Å². The van der Waals surface area contributed by atoms with Crippen LogP contribution in [-0.2, 0) is 29.2 Å². The number of fused-ring (bicyclic) bond motifs is 1. The first-order valence-corrected chi connectivity index (χ1v) is 9.33. The molecule has 0 aliphatic carbocycles. The Kier molecular flexibility index (Phi) is 4.16. The zero-order valence-corrected chi connectivity index (χ0v) is 13.6. The molecule has 0 radical (unpaired) electrons. The van der Waals surface area contributed by atoms with E-state index in [0.29, 0.717) is 18.5 Å². The Balaban J connectivity index is 1.57. The largest absolute Gasteiger partial charge is 0.352 e. The summed E-state index contributed by atoms with van der Waals surface area (Å²) in [7, 11) is -3.25. The molecule has 8 heteroatoms. The molecule has 2 heterocycles. The van der Waals surface area contributed by atoms with E-state index in [1.807, 2.05) is 0 Å². The molecular formula is C15H18N4O3S. The third kappa shape index (κ3) is 3.42. The summed E-state index contributed by atoms with van der Waals surface area (Å²) < 4.78 is 24.9. The predicted octanol–water partition coefficient (Wildman–Crippen LogP) is 0.600. The van der Waals surface area contributed by atoms with Crippen LogP contribution >= 0.6 is 0 Å². The van der Waals surface area contributed by atoms with Crippen LogP contribution in [0.3, 0.4) is 0 Å². The van der Waals surface area contributed by atoms with Gasteiger partial charge in [-0.3, -0.25) is 4.79 Å². The molecule has 1 aliphatic rings. The number of carbonyl (C=O) groups excluding carboxylic acids is 1. The molecule has 1 N–H and O–H groups in total. The predicted molar refractivity (Wildman–Crippen MR) is 83.9 cm³/mol. The van der Waals surface area contributed by atoms with Gasteiger partial charge in [-0.2, -0.15) is 0 Å². The van der Waals surface area contributed by atoms with Crippen LogP contribution in [0, 0.1) is 0 Å². The highest BCUT2D eigenvalue weighted by atomic mass is 32.2. The molecule has 0 fully saturated rings. The second-order valence-corrected chi connectivity index (χ2v) is 7.61. The molecule has 2 aromatic rings. The standard InChI is InChI=1S/C15H18N4O3S/c1-23(21,22)12-6-4-11(5-7-12)15(20)16-9-8-14-18-17-13-3-2-10-19(13)14/h4-7H,2-3,8-10H2,1H3,(H,16,20). The van der Waals surface area contributed by atoms with Gasteiger partial charge in [-0.1, -0.05) is 0 Å². The summed E-state index contributed by atoms with van der Waals surface area (Å²) in [5.74, 6) is 1.68. The molecular weight excluding hydrogens is 316 g/mol. The van der Waals surface area contributed by atoms with Gasteiger partial charge in [0.1, 0.15) is 11.6 Å². The zero-order chi connectivity index (χ0) is 16.4. The number of sulfone groups is 1. The van der Waals surface area contributed by atoms with E-state index < -0.39 is 9.84 Å². The minimum atomic E-state index is -3.25. The van der Waals surface area contributed by atoms with Crippen molar-refractivity contribution in [2.45, 2.75) is 30.7 Å². The SMILES string of the molecule is CS(=O)(=O)c1ccc(C(=O)NCCc2nnc3n2CCC3)cc1. The van der Waals surface area contributed by atoms with Crippen LogP contribution in [0.2, 0.25) is 0 Å². The summed E-state index contributed by atoms with van der Waals surface area (Å²) in [6.45, 7) is 1.41. The van der Waals surface area contributed by atoms with Gasteiger partial charge in [0.05, 0.1) is 4.90 Å². The van der Waals surface area contributed by atoms with Crippen molar-refractivity contribution in [2.75, 3.05) is 12.8 Å². The smallest absolute Gasteiger partial charge is 0.251 e. The van der Waals surface area contributed by atoms with Gasteiger partial charge in [0, 0.05) is 37.8 Å².